The topological polar surface area (TPSA) is 49.7 Å². The van der Waals surface area contributed by atoms with Crippen LogP contribution in [0.15, 0.2) is 12.1 Å². The summed E-state index contributed by atoms with van der Waals surface area (Å²) in [5, 5.41) is 18.3. The number of hydrogen-bond acceptors (Lipinski definition) is 3. The monoisotopic (exact) mass is 212 g/mol. The van der Waals surface area contributed by atoms with Gasteiger partial charge in [0.15, 0.2) is 11.6 Å². The Bertz CT molecular complexity index is 353. The molecule has 1 rings (SSSR count). The second-order valence-corrected chi connectivity index (χ2v) is 3.65. The smallest absolute Gasteiger partial charge is 0.488 e. The van der Waals surface area contributed by atoms with Gasteiger partial charge in [0, 0.05) is 5.46 Å². The van der Waals surface area contributed by atoms with E-state index in [1.165, 1.54) is 12.1 Å². The van der Waals surface area contributed by atoms with E-state index in [9.17, 15) is 4.39 Å². The Morgan fingerprint density at radius 1 is 1.33 bits per heavy atom. The lowest BCUT2D eigenvalue weighted by molar-refractivity contribution is 0.232. The molecule has 2 N–H and O–H groups in total. The summed E-state index contributed by atoms with van der Waals surface area (Å²) in [5.41, 5.74) is 0.672. The van der Waals surface area contributed by atoms with Gasteiger partial charge in [-0.05, 0) is 32.4 Å². The van der Waals surface area contributed by atoms with Gasteiger partial charge in [-0.3, -0.25) is 0 Å². The summed E-state index contributed by atoms with van der Waals surface area (Å²) in [6, 6.07) is 2.73. The molecule has 0 amide bonds. The molecule has 0 spiro atoms. The largest absolute Gasteiger partial charge is 0.492 e. The molecule has 0 bridgehead atoms. The fourth-order valence-electron chi connectivity index (χ4n) is 1.35. The summed E-state index contributed by atoms with van der Waals surface area (Å²) < 4.78 is 18.6. The molecule has 15 heavy (non-hydrogen) atoms. The van der Waals surface area contributed by atoms with E-state index in [1.54, 1.807) is 20.8 Å². The van der Waals surface area contributed by atoms with Gasteiger partial charge in [-0.2, -0.15) is 0 Å². The van der Waals surface area contributed by atoms with E-state index < -0.39 is 12.9 Å². The van der Waals surface area contributed by atoms with Crippen LogP contribution in [0.25, 0.3) is 0 Å². The molecule has 82 valence electrons. The normalized spacial score (nSPS) is 10.6. The molecule has 0 atom stereocenters. The molecule has 0 fully saturated rings. The van der Waals surface area contributed by atoms with E-state index in [0.717, 1.165) is 0 Å². The zero-order valence-electron chi connectivity index (χ0n) is 8.99. The SMILES string of the molecule is Cc1ccc(F)c(OC(C)C)c1B(O)O. The maximum absolute atomic E-state index is 13.4. The van der Waals surface area contributed by atoms with Gasteiger partial charge >= 0.3 is 7.12 Å². The first-order valence-corrected chi connectivity index (χ1v) is 4.75. The van der Waals surface area contributed by atoms with Crippen LogP contribution in [-0.4, -0.2) is 23.3 Å². The first-order valence-electron chi connectivity index (χ1n) is 4.75. The first kappa shape index (κ1) is 12.0. The minimum atomic E-state index is -1.73. The predicted octanol–water partition coefficient (Wildman–Crippen LogP) is 0.601. The van der Waals surface area contributed by atoms with Gasteiger partial charge in [0.1, 0.15) is 0 Å². The fourth-order valence-corrected chi connectivity index (χ4v) is 1.35. The maximum atomic E-state index is 13.4. The van der Waals surface area contributed by atoms with Crippen LogP contribution in [0.4, 0.5) is 4.39 Å². The van der Waals surface area contributed by atoms with Crippen molar-refractivity contribution in [3.8, 4) is 5.75 Å². The summed E-state index contributed by atoms with van der Waals surface area (Å²) in [4.78, 5) is 0. The molecule has 0 aliphatic heterocycles. The van der Waals surface area contributed by atoms with Gasteiger partial charge in [0.2, 0.25) is 0 Å². The van der Waals surface area contributed by atoms with Crippen LogP contribution >= 0.6 is 0 Å². The third kappa shape index (κ3) is 2.70. The molecule has 0 heterocycles. The number of rotatable bonds is 3. The standard InChI is InChI=1S/C10H14BFO3/c1-6(2)15-10-8(12)5-4-7(3)9(10)11(13)14/h4-6,13-14H,1-3H3. The lowest BCUT2D eigenvalue weighted by Crippen LogP contribution is -2.35. The Labute approximate surface area is 88.7 Å². The second-order valence-electron chi connectivity index (χ2n) is 3.65. The minimum Gasteiger partial charge on any atom is -0.488 e. The third-order valence-corrected chi connectivity index (χ3v) is 1.98. The first-order chi connectivity index (χ1) is 6.93. The van der Waals surface area contributed by atoms with Gasteiger partial charge in [-0.25, -0.2) is 4.39 Å². The highest BCUT2D eigenvalue weighted by atomic mass is 19.1. The van der Waals surface area contributed by atoms with Crippen LogP contribution in [-0.2, 0) is 0 Å². The van der Waals surface area contributed by atoms with Crippen LogP contribution in [0.1, 0.15) is 19.4 Å². The van der Waals surface area contributed by atoms with Crippen molar-refractivity contribution in [2.75, 3.05) is 0 Å². The average Bonchev–Trinajstić information content (AvgIpc) is 2.10. The van der Waals surface area contributed by atoms with Crippen LogP contribution < -0.4 is 10.2 Å². The Kier molecular flexibility index (Phi) is 3.71. The Morgan fingerprint density at radius 2 is 1.93 bits per heavy atom. The fraction of sp³-hybridized carbons (Fsp3) is 0.400. The highest BCUT2D eigenvalue weighted by molar-refractivity contribution is 6.60. The average molecular weight is 212 g/mol. The number of ether oxygens (including phenoxy) is 1. The highest BCUT2D eigenvalue weighted by Crippen LogP contribution is 2.18. The second kappa shape index (κ2) is 4.64. The third-order valence-electron chi connectivity index (χ3n) is 1.98. The lowest BCUT2D eigenvalue weighted by Gasteiger charge is -2.16. The maximum Gasteiger partial charge on any atom is 0.492 e. The molecule has 0 saturated heterocycles. The van der Waals surface area contributed by atoms with Crippen molar-refractivity contribution in [1.29, 1.82) is 0 Å². The summed E-state index contributed by atoms with van der Waals surface area (Å²) in [7, 11) is -1.73. The molecule has 3 nitrogen and oxygen atoms in total. The van der Waals surface area contributed by atoms with Crippen LogP contribution in [0.5, 0.6) is 5.75 Å². The molecule has 0 aliphatic rings. The van der Waals surface area contributed by atoms with Crippen molar-refractivity contribution in [3.05, 3.63) is 23.5 Å². The molecule has 1 aromatic carbocycles. The quantitative estimate of drug-likeness (QED) is 0.721. The van der Waals surface area contributed by atoms with Gasteiger partial charge in [-0.15, -0.1) is 0 Å². The zero-order valence-corrected chi connectivity index (χ0v) is 8.99. The van der Waals surface area contributed by atoms with Crippen molar-refractivity contribution in [1.82, 2.24) is 0 Å². The summed E-state index contributed by atoms with van der Waals surface area (Å²) >= 11 is 0. The summed E-state index contributed by atoms with van der Waals surface area (Å²) in [6.07, 6.45) is -0.223. The zero-order chi connectivity index (χ0) is 11.6. The summed E-state index contributed by atoms with van der Waals surface area (Å²) in [6.45, 7) is 5.16. The van der Waals surface area contributed by atoms with Crippen molar-refractivity contribution < 1.29 is 19.2 Å². The number of halogens is 1. The predicted molar refractivity (Wildman–Crippen MR) is 56.7 cm³/mol. The highest BCUT2D eigenvalue weighted by Gasteiger charge is 2.23. The Morgan fingerprint density at radius 3 is 2.40 bits per heavy atom. The van der Waals surface area contributed by atoms with E-state index in [-0.39, 0.29) is 17.3 Å². The number of hydrogen-bond donors (Lipinski definition) is 2. The molecule has 0 unspecified atom stereocenters. The van der Waals surface area contributed by atoms with E-state index in [1.807, 2.05) is 0 Å². The van der Waals surface area contributed by atoms with Gasteiger partial charge in [-0.1, -0.05) is 6.07 Å². The van der Waals surface area contributed by atoms with Crippen molar-refractivity contribution in [2.45, 2.75) is 26.9 Å². The minimum absolute atomic E-state index is 0.0833. The van der Waals surface area contributed by atoms with Crippen molar-refractivity contribution in [3.63, 3.8) is 0 Å². The van der Waals surface area contributed by atoms with E-state index in [4.69, 9.17) is 14.8 Å². The number of benzene rings is 1. The van der Waals surface area contributed by atoms with Crippen molar-refractivity contribution in [2.24, 2.45) is 0 Å². The molecular weight excluding hydrogens is 198 g/mol. The molecule has 0 radical (unpaired) electrons. The van der Waals surface area contributed by atoms with Crippen LogP contribution in [0.3, 0.4) is 0 Å². The van der Waals surface area contributed by atoms with Crippen LogP contribution in [0, 0.1) is 12.7 Å². The molecule has 1 aromatic rings. The molecular formula is C10H14BFO3. The van der Waals surface area contributed by atoms with Gasteiger partial charge in [0.05, 0.1) is 6.10 Å². The van der Waals surface area contributed by atoms with Crippen molar-refractivity contribution >= 4 is 12.6 Å². The Balaban J connectivity index is 3.25. The van der Waals surface area contributed by atoms with E-state index in [2.05, 4.69) is 0 Å². The van der Waals surface area contributed by atoms with Crippen LogP contribution in [0.2, 0.25) is 0 Å². The summed E-state index contributed by atoms with van der Waals surface area (Å²) in [5.74, 6) is -0.669. The van der Waals surface area contributed by atoms with E-state index >= 15 is 0 Å². The molecule has 0 aliphatic carbocycles. The molecule has 0 saturated carbocycles. The molecule has 0 aromatic heterocycles. The van der Waals surface area contributed by atoms with Gasteiger partial charge < -0.3 is 14.8 Å². The van der Waals surface area contributed by atoms with E-state index in [0.29, 0.717) is 5.56 Å². The van der Waals surface area contributed by atoms with Gasteiger partial charge in [0.25, 0.3) is 0 Å². The molecule has 5 heteroatoms. The number of aryl methyl sites for hydroxylation is 1. The lowest BCUT2D eigenvalue weighted by atomic mass is 9.76. The Hall–Kier alpha value is -1.07.